The molecule has 0 radical (unpaired) electrons. The quantitative estimate of drug-likeness (QED) is 0.542. The maximum absolute atomic E-state index is 13.6. The number of para-hydroxylation sites is 2. The van der Waals surface area contributed by atoms with Crippen LogP contribution in [0.25, 0.3) is 10.9 Å². The van der Waals surface area contributed by atoms with Crippen LogP contribution < -0.4 is 4.74 Å². The van der Waals surface area contributed by atoms with Crippen molar-refractivity contribution in [2.45, 2.75) is 6.61 Å². The maximum atomic E-state index is 13.6. The summed E-state index contributed by atoms with van der Waals surface area (Å²) in [5.74, 6) is -0.262. The number of nitrogens with zero attached hydrogens (tertiary/aromatic N) is 2. The molecule has 0 aliphatic heterocycles. The lowest BCUT2D eigenvalue weighted by Crippen LogP contribution is -2.01. The van der Waals surface area contributed by atoms with Gasteiger partial charge in [-0.25, -0.2) is 4.39 Å². The van der Waals surface area contributed by atoms with E-state index < -0.39 is 10.7 Å². The van der Waals surface area contributed by atoms with Crippen LogP contribution in [-0.4, -0.2) is 9.91 Å². The normalized spacial score (nSPS) is 10.6. The number of benzene rings is 2. The molecule has 1 heterocycles. The van der Waals surface area contributed by atoms with E-state index in [0.717, 1.165) is 0 Å². The topological polar surface area (TPSA) is 65.3 Å². The molecule has 3 rings (SSSR count). The number of aromatic nitrogens is 1. The minimum atomic E-state index is -0.517. The number of fused-ring (bicyclic) bond motifs is 1. The summed E-state index contributed by atoms with van der Waals surface area (Å²) in [6.07, 6.45) is 1.61. The number of halogens is 1. The van der Waals surface area contributed by atoms with E-state index in [4.69, 9.17) is 4.74 Å². The lowest BCUT2D eigenvalue weighted by molar-refractivity contribution is -0.385. The number of rotatable bonds is 4. The standard InChI is InChI=1S/C16H11FN2O3/c17-13-8-11-4-3-7-18-16(11)12(9-13)10-22-15-6-2-1-5-14(15)19(20)21/h1-9H,10H2. The van der Waals surface area contributed by atoms with E-state index >= 15 is 0 Å². The Kier molecular flexibility index (Phi) is 3.65. The molecule has 0 amide bonds. The zero-order chi connectivity index (χ0) is 15.5. The van der Waals surface area contributed by atoms with Gasteiger partial charge in [0.25, 0.3) is 0 Å². The Hall–Kier alpha value is -3.02. The molecule has 0 N–H and O–H groups in total. The van der Waals surface area contributed by atoms with Crippen molar-refractivity contribution in [2.75, 3.05) is 0 Å². The van der Waals surface area contributed by atoms with E-state index in [1.165, 1.54) is 24.3 Å². The van der Waals surface area contributed by atoms with Gasteiger partial charge in [-0.15, -0.1) is 0 Å². The van der Waals surface area contributed by atoms with Crippen molar-refractivity contribution in [3.8, 4) is 5.75 Å². The largest absolute Gasteiger partial charge is 0.482 e. The first-order valence-corrected chi connectivity index (χ1v) is 6.54. The summed E-state index contributed by atoms with van der Waals surface area (Å²) < 4.78 is 19.1. The van der Waals surface area contributed by atoms with Crippen LogP contribution in [0.1, 0.15) is 5.56 Å². The van der Waals surface area contributed by atoms with Gasteiger partial charge in [0.05, 0.1) is 10.4 Å². The third-order valence-electron chi connectivity index (χ3n) is 3.19. The molecule has 0 bridgehead atoms. The summed E-state index contributed by atoms with van der Waals surface area (Å²) in [6.45, 7) is -0.00384. The van der Waals surface area contributed by atoms with E-state index in [9.17, 15) is 14.5 Å². The molecule has 22 heavy (non-hydrogen) atoms. The summed E-state index contributed by atoms with van der Waals surface area (Å²) >= 11 is 0. The van der Waals surface area contributed by atoms with Crippen LogP contribution in [0.4, 0.5) is 10.1 Å². The second kappa shape index (κ2) is 5.77. The van der Waals surface area contributed by atoms with Gasteiger partial charge in [-0.1, -0.05) is 18.2 Å². The summed E-state index contributed by atoms with van der Waals surface area (Å²) in [5, 5.41) is 11.6. The number of ether oxygens (including phenoxy) is 1. The smallest absolute Gasteiger partial charge is 0.310 e. The Labute approximate surface area is 125 Å². The molecule has 0 spiro atoms. The average Bonchev–Trinajstić information content (AvgIpc) is 2.52. The number of hydrogen-bond acceptors (Lipinski definition) is 4. The zero-order valence-electron chi connectivity index (χ0n) is 11.4. The highest BCUT2D eigenvalue weighted by atomic mass is 19.1. The van der Waals surface area contributed by atoms with Gasteiger partial charge in [0.2, 0.25) is 0 Å². The van der Waals surface area contributed by atoms with Crippen molar-refractivity contribution in [3.63, 3.8) is 0 Å². The molecule has 0 fully saturated rings. The SMILES string of the molecule is O=[N+]([O-])c1ccccc1OCc1cc(F)cc2cccnc12. The highest BCUT2D eigenvalue weighted by Gasteiger charge is 2.14. The Balaban J connectivity index is 1.93. The minimum Gasteiger partial charge on any atom is -0.482 e. The van der Waals surface area contributed by atoms with Gasteiger partial charge in [-0.3, -0.25) is 15.1 Å². The van der Waals surface area contributed by atoms with Crippen LogP contribution in [-0.2, 0) is 6.61 Å². The van der Waals surface area contributed by atoms with Crippen molar-refractivity contribution in [3.05, 3.63) is 76.2 Å². The lowest BCUT2D eigenvalue weighted by atomic mass is 10.1. The lowest BCUT2D eigenvalue weighted by Gasteiger charge is -2.09. The molecular formula is C16H11FN2O3. The van der Waals surface area contributed by atoms with Crippen LogP contribution >= 0.6 is 0 Å². The zero-order valence-corrected chi connectivity index (χ0v) is 11.4. The van der Waals surface area contributed by atoms with Gasteiger partial charge in [-0.05, 0) is 24.3 Å². The van der Waals surface area contributed by atoms with Gasteiger partial charge in [-0.2, -0.15) is 0 Å². The number of nitro groups is 1. The first-order chi connectivity index (χ1) is 10.6. The summed E-state index contributed by atoms with van der Waals surface area (Å²) in [7, 11) is 0. The molecule has 6 heteroatoms. The Morgan fingerprint density at radius 2 is 2.00 bits per heavy atom. The third-order valence-corrected chi connectivity index (χ3v) is 3.19. The fraction of sp³-hybridized carbons (Fsp3) is 0.0625. The Morgan fingerprint density at radius 1 is 1.18 bits per heavy atom. The van der Waals surface area contributed by atoms with Crippen molar-refractivity contribution >= 4 is 16.6 Å². The highest BCUT2D eigenvalue weighted by Crippen LogP contribution is 2.27. The second-order valence-electron chi connectivity index (χ2n) is 4.65. The number of nitro benzene ring substituents is 1. The van der Waals surface area contributed by atoms with Crippen LogP contribution in [0.15, 0.2) is 54.7 Å². The van der Waals surface area contributed by atoms with Crippen LogP contribution in [0.3, 0.4) is 0 Å². The predicted octanol–water partition coefficient (Wildman–Crippen LogP) is 3.86. The van der Waals surface area contributed by atoms with E-state index in [1.807, 2.05) is 0 Å². The molecule has 2 aromatic carbocycles. The molecule has 110 valence electrons. The Morgan fingerprint density at radius 3 is 2.82 bits per heavy atom. The van der Waals surface area contributed by atoms with Crippen LogP contribution in [0.2, 0.25) is 0 Å². The van der Waals surface area contributed by atoms with Crippen molar-refractivity contribution in [2.24, 2.45) is 0 Å². The van der Waals surface area contributed by atoms with E-state index in [1.54, 1.807) is 30.5 Å². The molecule has 0 aliphatic rings. The summed E-state index contributed by atoms with van der Waals surface area (Å²) in [5.41, 5.74) is 1.02. The van der Waals surface area contributed by atoms with Gasteiger partial charge in [0, 0.05) is 23.2 Å². The van der Waals surface area contributed by atoms with Crippen molar-refractivity contribution in [1.29, 1.82) is 0 Å². The third kappa shape index (κ3) is 2.71. The number of pyridine rings is 1. The van der Waals surface area contributed by atoms with Gasteiger partial charge in [0.15, 0.2) is 5.75 Å². The van der Waals surface area contributed by atoms with Gasteiger partial charge < -0.3 is 4.74 Å². The summed E-state index contributed by atoms with van der Waals surface area (Å²) in [4.78, 5) is 14.6. The second-order valence-corrected chi connectivity index (χ2v) is 4.65. The first kappa shape index (κ1) is 13.9. The first-order valence-electron chi connectivity index (χ1n) is 6.54. The fourth-order valence-corrected chi connectivity index (χ4v) is 2.22. The highest BCUT2D eigenvalue weighted by molar-refractivity contribution is 5.81. The minimum absolute atomic E-state index is 0.00384. The molecule has 5 nitrogen and oxygen atoms in total. The molecule has 0 atom stereocenters. The average molecular weight is 298 g/mol. The number of hydrogen-bond donors (Lipinski definition) is 0. The molecule has 1 aromatic heterocycles. The molecule has 3 aromatic rings. The van der Waals surface area contributed by atoms with Gasteiger partial charge in [0.1, 0.15) is 12.4 Å². The van der Waals surface area contributed by atoms with Gasteiger partial charge >= 0.3 is 5.69 Å². The molecule has 0 saturated carbocycles. The Bertz CT molecular complexity index is 852. The monoisotopic (exact) mass is 298 g/mol. The molecule has 0 saturated heterocycles. The van der Waals surface area contributed by atoms with E-state index in [0.29, 0.717) is 16.5 Å². The fourth-order valence-electron chi connectivity index (χ4n) is 2.22. The van der Waals surface area contributed by atoms with Crippen LogP contribution in [0.5, 0.6) is 5.75 Å². The predicted molar refractivity (Wildman–Crippen MR) is 79.1 cm³/mol. The summed E-state index contributed by atoms with van der Waals surface area (Å²) in [6, 6.07) is 12.2. The maximum Gasteiger partial charge on any atom is 0.310 e. The van der Waals surface area contributed by atoms with E-state index in [2.05, 4.69) is 4.98 Å². The van der Waals surface area contributed by atoms with Crippen molar-refractivity contribution < 1.29 is 14.1 Å². The van der Waals surface area contributed by atoms with Crippen molar-refractivity contribution in [1.82, 2.24) is 4.98 Å². The molecule has 0 aliphatic carbocycles. The molecular weight excluding hydrogens is 287 g/mol. The van der Waals surface area contributed by atoms with E-state index in [-0.39, 0.29) is 18.0 Å². The molecule has 0 unspecified atom stereocenters. The van der Waals surface area contributed by atoms with Crippen LogP contribution in [0, 0.1) is 15.9 Å².